The van der Waals surface area contributed by atoms with E-state index >= 15 is 0 Å². The van der Waals surface area contributed by atoms with Crippen LogP contribution in [0.15, 0.2) is 58.4 Å². The molecule has 8 heteroatoms. The summed E-state index contributed by atoms with van der Waals surface area (Å²) in [5, 5.41) is 9.30. The predicted molar refractivity (Wildman–Crippen MR) is 113 cm³/mol. The minimum absolute atomic E-state index is 0.310. The average Bonchev–Trinajstić information content (AvgIpc) is 3.40. The zero-order chi connectivity index (χ0) is 20.5. The van der Waals surface area contributed by atoms with Crippen molar-refractivity contribution < 1.29 is 18.8 Å². The van der Waals surface area contributed by atoms with Gasteiger partial charge in [0.25, 0.3) is 5.91 Å². The van der Waals surface area contributed by atoms with Gasteiger partial charge in [0.2, 0.25) is 0 Å². The van der Waals surface area contributed by atoms with Crippen molar-refractivity contribution in [2.75, 3.05) is 18.5 Å². The van der Waals surface area contributed by atoms with Crippen LogP contribution in [-0.4, -0.2) is 29.3 Å². The highest BCUT2D eigenvalue weighted by molar-refractivity contribution is 7.14. The molecule has 1 aliphatic rings. The van der Waals surface area contributed by atoms with Crippen LogP contribution in [0, 0.1) is 6.92 Å². The summed E-state index contributed by atoms with van der Waals surface area (Å²) in [4.78, 5) is 17.5. The molecule has 30 heavy (non-hydrogen) atoms. The Balaban J connectivity index is 1.39. The smallest absolute Gasteiger partial charge is 0.263 e. The molecule has 1 N–H and O–H groups in total. The van der Waals surface area contributed by atoms with Gasteiger partial charge in [0.15, 0.2) is 16.6 Å². The molecule has 0 aliphatic carbocycles. The molecule has 1 aliphatic heterocycles. The minimum Gasteiger partial charge on any atom is -0.486 e. The number of aryl methyl sites for hydroxylation is 1. The monoisotopic (exact) mass is 419 g/mol. The van der Waals surface area contributed by atoms with E-state index in [0.29, 0.717) is 41.1 Å². The minimum atomic E-state index is -0.310. The first kappa shape index (κ1) is 18.4. The lowest BCUT2D eigenvalue weighted by atomic mass is 10.1. The van der Waals surface area contributed by atoms with Crippen molar-refractivity contribution in [3.63, 3.8) is 0 Å². The Bertz CT molecular complexity index is 1220. The number of thiazole rings is 1. The fourth-order valence-corrected chi connectivity index (χ4v) is 3.97. The summed E-state index contributed by atoms with van der Waals surface area (Å²) in [7, 11) is 0. The van der Waals surface area contributed by atoms with Crippen molar-refractivity contribution in [1.29, 1.82) is 0 Å². The predicted octanol–water partition coefficient (Wildman–Crippen LogP) is 4.80. The number of fused-ring (bicyclic) bond motifs is 1. The molecule has 5 rings (SSSR count). The third-order valence-electron chi connectivity index (χ3n) is 4.70. The molecule has 0 fully saturated rings. The normalized spacial score (nSPS) is 12.6. The second-order valence-corrected chi connectivity index (χ2v) is 7.54. The van der Waals surface area contributed by atoms with E-state index in [2.05, 4.69) is 15.5 Å². The zero-order valence-corrected chi connectivity index (χ0v) is 16.9. The molecule has 3 heterocycles. The SMILES string of the molecule is Cc1onc(-c2ccccc2)c1C(=O)Nc1nc(-c2ccc3c(c2)OCCO3)cs1. The molecule has 0 spiro atoms. The highest BCUT2D eigenvalue weighted by atomic mass is 32.1. The van der Waals surface area contributed by atoms with Crippen LogP contribution in [0.5, 0.6) is 11.5 Å². The summed E-state index contributed by atoms with van der Waals surface area (Å²) < 4.78 is 16.5. The summed E-state index contributed by atoms with van der Waals surface area (Å²) >= 11 is 1.35. The molecule has 0 unspecified atom stereocenters. The summed E-state index contributed by atoms with van der Waals surface area (Å²) in [5.74, 6) is 1.57. The Hall–Kier alpha value is -3.65. The highest BCUT2D eigenvalue weighted by Gasteiger charge is 2.22. The third kappa shape index (κ3) is 3.42. The van der Waals surface area contributed by atoms with Gasteiger partial charge in [-0.2, -0.15) is 0 Å². The van der Waals surface area contributed by atoms with Gasteiger partial charge < -0.3 is 14.0 Å². The number of aromatic nitrogens is 2. The van der Waals surface area contributed by atoms with Crippen LogP contribution in [0.25, 0.3) is 22.5 Å². The number of ether oxygens (including phenoxy) is 2. The second-order valence-electron chi connectivity index (χ2n) is 6.68. The van der Waals surface area contributed by atoms with E-state index in [9.17, 15) is 4.79 Å². The van der Waals surface area contributed by atoms with E-state index in [1.807, 2.05) is 53.9 Å². The fraction of sp³-hybridized carbons (Fsp3) is 0.136. The van der Waals surface area contributed by atoms with Crippen molar-refractivity contribution in [3.05, 3.63) is 65.2 Å². The standard InChI is InChI=1S/C22H17N3O4S/c1-13-19(20(25-29-13)14-5-3-2-4-6-14)21(26)24-22-23-16(12-30-22)15-7-8-17-18(11-15)28-10-9-27-17/h2-8,11-12H,9-10H2,1H3,(H,23,24,26). The largest absolute Gasteiger partial charge is 0.486 e. The van der Waals surface area contributed by atoms with Gasteiger partial charge in [-0.05, 0) is 25.1 Å². The van der Waals surface area contributed by atoms with Crippen LogP contribution < -0.4 is 14.8 Å². The van der Waals surface area contributed by atoms with E-state index in [4.69, 9.17) is 14.0 Å². The number of hydrogen-bond acceptors (Lipinski definition) is 7. The summed E-state index contributed by atoms with van der Waals surface area (Å²) in [6, 6.07) is 15.1. The molecule has 1 amide bonds. The molecule has 7 nitrogen and oxygen atoms in total. The number of anilines is 1. The van der Waals surface area contributed by atoms with Crippen LogP contribution in [0.3, 0.4) is 0 Å². The number of nitrogens with zero attached hydrogens (tertiary/aromatic N) is 2. The van der Waals surface area contributed by atoms with E-state index in [1.54, 1.807) is 6.92 Å². The molecular weight excluding hydrogens is 402 g/mol. The maximum atomic E-state index is 12.9. The van der Waals surface area contributed by atoms with Crippen molar-refractivity contribution in [2.45, 2.75) is 6.92 Å². The topological polar surface area (TPSA) is 86.5 Å². The summed E-state index contributed by atoms with van der Waals surface area (Å²) in [5.41, 5.74) is 3.36. The van der Waals surface area contributed by atoms with Gasteiger partial charge in [0, 0.05) is 16.5 Å². The van der Waals surface area contributed by atoms with Gasteiger partial charge in [-0.15, -0.1) is 11.3 Å². The number of amides is 1. The van der Waals surface area contributed by atoms with Crippen molar-refractivity contribution in [2.24, 2.45) is 0 Å². The molecule has 0 saturated carbocycles. The maximum absolute atomic E-state index is 12.9. The first-order valence-corrected chi connectivity index (χ1v) is 10.3. The Labute approximate surface area is 176 Å². The molecule has 0 atom stereocenters. The first-order valence-electron chi connectivity index (χ1n) is 9.37. The van der Waals surface area contributed by atoms with Gasteiger partial charge in [0.05, 0.1) is 5.69 Å². The summed E-state index contributed by atoms with van der Waals surface area (Å²) in [6.45, 7) is 2.79. The van der Waals surface area contributed by atoms with Gasteiger partial charge in [-0.3, -0.25) is 10.1 Å². The summed E-state index contributed by atoms with van der Waals surface area (Å²) in [6.07, 6.45) is 0. The number of benzene rings is 2. The number of rotatable bonds is 4. The van der Waals surface area contributed by atoms with Crippen molar-refractivity contribution >= 4 is 22.4 Å². The Morgan fingerprint density at radius 1 is 1.03 bits per heavy atom. The number of hydrogen-bond donors (Lipinski definition) is 1. The molecule has 0 radical (unpaired) electrons. The van der Waals surface area contributed by atoms with Crippen LogP contribution in [0.2, 0.25) is 0 Å². The maximum Gasteiger partial charge on any atom is 0.263 e. The Morgan fingerprint density at radius 3 is 2.67 bits per heavy atom. The van der Waals surface area contributed by atoms with Crippen LogP contribution in [-0.2, 0) is 0 Å². The number of carbonyl (C=O) groups is 1. The molecule has 4 aromatic rings. The van der Waals surface area contributed by atoms with Gasteiger partial charge in [-0.1, -0.05) is 35.5 Å². The highest BCUT2D eigenvalue weighted by Crippen LogP contribution is 2.35. The van der Waals surface area contributed by atoms with Gasteiger partial charge in [-0.25, -0.2) is 4.98 Å². The van der Waals surface area contributed by atoms with E-state index in [0.717, 1.165) is 22.6 Å². The second kappa shape index (κ2) is 7.64. The average molecular weight is 419 g/mol. The van der Waals surface area contributed by atoms with E-state index in [-0.39, 0.29) is 5.91 Å². The molecule has 150 valence electrons. The quantitative estimate of drug-likeness (QED) is 0.511. The molecule has 0 saturated heterocycles. The molecular formula is C22H17N3O4S. The molecule has 0 bridgehead atoms. The molecule has 2 aromatic carbocycles. The lowest BCUT2D eigenvalue weighted by molar-refractivity contribution is 0.102. The lowest BCUT2D eigenvalue weighted by Crippen LogP contribution is -2.15. The van der Waals surface area contributed by atoms with E-state index in [1.165, 1.54) is 11.3 Å². The zero-order valence-electron chi connectivity index (χ0n) is 16.0. The number of carbonyl (C=O) groups excluding carboxylic acids is 1. The third-order valence-corrected chi connectivity index (χ3v) is 5.46. The van der Waals surface area contributed by atoms with E-state index < -0.39 is 0 Å². The van der Waals surface area contributed by atoms with Crippen LogP contribution >= 0.6 is 11.3 Å². The van der Waals surface area contributed by atoms with Crippen LogP contribution in [0.1, 0.15) is 16.1 Å². The van der Waals surface area contributed by atoms with Crippen molar-refractivity contribution in [3.8, 4) is 34.0 Å². The van der Waals surface area contributed by atoms with Crippen LogP contribution in [0.4, 0.5) is 5.13 Å². The first-order chi connectivity index (χ1) is 14.7. The van der Waals surface area contributed by atoms with Gasteiger partial charge in [0.1, 0.15) is 30.2 Å². The lowest BCUT2D eigenvalue weighted by Gasteiger charge is -2.18. The number of nitrogens with one attached hydrogen (secondary N) is 1. The Kier molecular flexibility index (Phi) is 4.68. The molecule has 2 aromatic heterocycles. The fourth-order valence-electron chi connectivity index (χ4n) is 3.26. The van der Waals surface area contributed by atoms with Crippen molar-refractivity contribution in [1.82, 2.24) is 10.1 Å². The van der Waals surface area contributed by atoms with Gasteiger partial charge >= 0.3 is 0 Å². The Morgan fingerprint density at radius 2 is 1.83 bits per heavy atom.